The Balaban J connectivity index is 1.46. The lowest BCUT2D eigenvalue weighted by atomic mass is 10.0. The molecule has 0 bridgehead atoms. The van der Waals surface area contributed by atoms with Crippen LogP contribution in [0.1, 0.15) is 31.0 Å². The Bertz CT molecular complexity index is 838. The molecule has 0 aliphatic carbocycles. The van der Waals surface area contributed by atoms with Crippen LogP contribution in [-0.4, -0.2) is 22.4 Å². The van der Waals surface area contributed by atoms with E-state index in [1.165, 1.54) is 5.56 Å². The van der Waals surface area contributed by atoms with Crippen LogP contribution in [0.25, 0.3) is 5.69 Å². The van der Waals surface area contributed by atoms with Gasteiger partial charge in [0.15, 0.2) is 0 Å². The lowest BCUT2D eigenvalue weighted by Gasteiger charge is -2.09. The summed E-state index contributed by atoms with van der Waals surface area (Å²) in [5, 5.41) is 10.2. The number of anilines is 1. The molecule has 0 saturated carbocycles. The van der Waals surface area contributed by atoms with Crippen molar-refractivity contribution in [3.8, 4) is 5.69 Å². The Kier molecular flexibility index (Phi) is 5.69. The predicted octanol–water partition coefficient (Wildman–Crippen LogP) is 4.36. The first-order valence-electron chi connectivity index (χ1n) is 8.86. The molecule has 5 heteroatoms. The number of carbonyl (C=O) groups is 1. The molecule has 0 spiro atoms. The van der Waals surface area contributed by atoms with Gasteiger partial charge in [-0.05, 0) is 41.8 Å². The Hall–Kier alpha value is -3.08. The number of nitrogens with one attached hydrogen (secondary N) is 2. The lowest BCUT2D eigenvalue weighted by Crippen LogP contribution is -2.30. The molecule has 3 rings (SSSR count). The highest BCUT2D eigenvalue weighted by Crippen LogP contribution is 2.17. The Morgan fingerprint density at radius 3 is 2.46 bits per heavy atom. The molecule has 0 fully saturated rings. The van der Waals surface area contributed by atoms with Gasteiger partial charge in [0.25, 0.3) is 0 Å². The molecule has 0 aliphatic rings. The zero-order valence-electron chi connectivity index (χ0n) is 15.1. The zero-order chi connectivity index (χ0) is 18.4. The van der Waals surface area contributed by atoms with E-state index in [-0.39, 0.29) is 6.03 Å². The van der Waals surface area contributed by atoms with E-state index in [0.29, 0.717) is 18.9 Å². The molecule has 134 valence electrons. The highest BCUT2D eigenvalue weighted by Gasteiger charge is 2.05. The van der Waals surface area contributed by atoms with Gasteiger partial charge in [-0.15, -0.1) is 0 Å². The van der Waals surface area contributed by atoms with Crippen LogP contribution in [-0.2, 0) is 6.42 Å². The number of hydrogen-bond acceptors (Lipinski definition) is 2. The third-order valence-electron chi connectivity index (χ3n) is 4.17. The van der Waals surface area contributed by atoms with Crippen molar-refractivity contribution in [3.05, 3.63) is 78.1 Å². The summed E-state index contributed by atoms with van der Waals surface area (Å²) in [6, 6.07) is 19.7. The summed E-state index contributed by atoms with van der Waals surface area (Å²) in [6.07, 6.45) is 2.61. The number of rotatable bonds is 6. The molecular weight excluding hydrogens is 324 g/mol. The fourth-order valence-electron chi connectivity index (χ4n) is 2.65. The van der Waals surface area contributed by atoms with Crippen molar-refractivity contribution >= 4 is 11.7 Å². The standard InChI is InChI=1S/C21H24N4O/c1-16(2)17-8-10-18(11-9-17)23-21(26)22-14-12-19-13-15-25(24-19)20-6-4-3-5-7-20/h3-11,13,15-16H,12,14H2,1-2H3,(H2,22,23,26). The summed E-state index contributed by atoms with van der Waals surface area (Å²) in [5.74, 6) is 0.480. The fourth-order valence-corrected chi connectivity index (χ4v) is 2.65. The molecular formula is C21H24N4O. The van der Waals surface area contributed by atoms with Crippen molar-refractivity contribution in [1.29, 1.82) is 0 Å². The van der Waals surface area contributed by atoms with E-state index >= 15 is 0 Å². The van der Waals surface area contributed by atoms with E-state index in [0.717, 1.165) is 17.1 Å². The second-order valence-electron chi connectivity index (χ2n) is 6.49. The SMILES string of the molecule is CC(C)c1ccc(NC(=O)NCCc2ccn(-c3ccccc3)n2)cc1. The number of amides is 2. The van der Waals surface area contributed by atoms with Crippen LogP contribution >= 0.6 is 0 Å². The molecule has 2 aromatic carbocycles. The molecule has 0 saturated heterocycles. The maximum Gasteiger partial charge on any atom is 0.319 e. The average Bonchev–Trinajstić information content (AvgIpc) is 3.12. The second kappa shape index (κ2) is 8.34. The van der Waals surface area contributed by atoms with E-state index in [1.807, 2.05) is 71.5 Å². The third kappa shape index (κ3) is 4.72. The van der Waals surface area contributed by atoms with Crippen LogP contribution < -0.4 is 10.6 Å². The summed E-state index contributed by atoms with van der Waals surface area (Å²) < 4.78 is 1.84. The number of hydrogen-bond donors (Lipinski definition) is 2. The van der Waals surface area contributed by atoms with E-state index in [1.54, 1.807) is 0 Å². The van der Waals surface area contributed by atoms with Gasteiger partial charge in [0, 0.05) is 24.8 Å². The van der Waals surface area contributed by atoms with Gasteiger partial charge in [0.2, 0.25) is 0 Å². The number of benzene rings is 2. The molecule has 2 N–H and O–H groups in total. The molecule has 2 amide bonds. The van der Waals surface area contributed by atoms with E-state index < -0.39 is 0 Å². The van der Waals surface area contributed by atoms with Gasteiger partial charge in [0.05, 0.1) is 11.4 Å². The number of urea groups is 1. The normalized spacial score (nSPS) is 10.7. The number of nitrogens with zero attached hydrogens (tertiary/aromatic N) is 2. The first kappa shape index (κ1) is 17.7. The molecule has 3 aromatic rings. The van der Waals surface area contributed by atoms with Crippen molar-refractivity contribution in [2.24, 2.45) is 0 Å². The van der Waals surface area contributed by atoms with Crippen LogP contribution in [0.3, 0.4) is 0 Å². The molecule has 5 nitrogen and oxygen atoms in total. The molecule has 1 aromatic heterocycles. The number of para-hydroxylation sites is 1. The minimum absolute atomic E-state index is 0.204. The van der Waals surface area contributed by atoms with Gasteiger partial charge in [-0.2, -0.15) is 5.10 Å². The Morgan fingerprint density at radius 1 is 1.04 bits per heavy atom. The molecule has 0 unspecified atom stereocenters. The summed E-state index contributed by atoms with van der Waals surface area (Å²) in [6.45, 7) is 4.82. The maximum absolute atomic E-state index is 12.0. The van der Waals surface area contributed by atoms with Gasteiger partial charge in [-0.25, -0.2) is 9.48 Å². The first-order valence-corrected chi connectivity index (χ1v) is 8.86. The number of aromatic nitrogens is 2. The molecule has 1 heterocycles. The maximum atomic E-state index is 12.0. The average molecular weight is 348 g/mol. The minimum Gasteiger partial charge on any atom is -0.337 e. The van der Waals surface area contributed by atoms with Gasteiger partial charge >= 0.3 is 6.03 Å². The van der Waals surface area contributed by atoms with E-state index in [2.05, 4.69) is 29.6 Å². The summed E-state index contributed by atoms with van der Waals surface area (Å²) in [4.78, 5) is 12.0. The van der Waals surface area contributed by atoms with E-state index in [9.17, 15) is 4.79 Å². The van der Waals surface area contributed by atoms with Crippen LogP contribution in [0, 0.1) is 0 Å². The topological polar surface area (TPSA) is 59.0 Å². The lowest BCUT2D eigenvalue weighted by molar-refractivity contribution is 0.252. The minimum atomic E-state index is -0.204. The first-order chi connectivity index (χ1) is 12.6. The molecule has 0 aliphatic heterocycles. The third-order valence-corrected chi connectivity index (χ3v) is 4.17. The Labute approximate surface area is 154 Å². The smallest absolute Gasteiger partial charge is 0.319 e. The van der Waals surface area contributed by atoms with Gasteiger partial charge in [-0.1, -0.05) is 44.2 Å². The quantitative estimate of drug-likeness (QED) is 0.695. The Morgan fingerprint density at radius 2 is 1.77 bits per heavy atom. The van der Waals surface area contributed by atoms with E-state index in [4.69, 9.17) is 0 Å². The van der Waals surface area contributed by atoms with Crippen LogP contribution in [0.4, 0.5) is 10.5 Å². The molecule has 26 heavy (non-hydrogen) atoms. The van der Waals surface area contributed by atoms with Crippen molar-refractivity contribution in [2.45, 2.75) is 26.2 Å². The summed E-state index contributed by atoms with van der Waals surface area (Å²) >= 11 is 0. The predicted molar refractivity (Wildman–Crippen MR) is 105 cm³/mol. The zero-order valence-corrected chi connectivity index (χ0v) is 15.1. The van der Waals surface area contributed by atoms with Crippen molar-refractivity contribution in [3.63, 3.8) is 0 Å². The van der Waals surface area contributed by atoms with Crippen molar-refractivity contribution in [2.75, 3.05) is 11.9 Å². The fraction of sp³-hybridized carbons (Fsp3) is 0.238. The van der Waals surface area contributed by atoms with Crippen molar-refractivity contribution < 1.29 is 4.79 Å². The van der Waals surface area contributed by atoms with Crippen LogP contribution in [0.5, 0.6) is 0 Å². The summed E-state index contributed by atoms with van der Waals surface area (Å²) in [7, 11) is 0. The van der Waals surface area contributed by atoms with Gasteiger partial charge in [-0.3, -0.25) is 0 Å². The van der Waals surface area contributed by atoms with Crippen LogP contribution in [0.2, 0.25) is 0 Å². The largest absolute Gasteiger partial charge is 0.337 e. The number of carbonyl (C=O) groups excluding carboxylic acids is 1. The van der Waals surface area contributed by atoms with Gasteiger partial charge < -0.3 is 10.6 Å². The monoisotopic (exact) mass is 348 g/mol. The van der Waals surface area contributed by atoms with Gasteiger partial charge in [0.1, 0.15) is 0 Å². The molecule has 0 atom stereocenters. The van der Waals surface area contributed by atoms with Crippen LogP contribution in [0.15, 0.2) is 66.9 Å². The second-order valence-corrected chi connectivity index (χ2v) is 6.49. The molecule has 0 radical (unpaired) electrons. The van der Waals surface area contributed by atoms with Crippen molar-refractivity contribution in [1.82, 2.24) is 15.1 Å². The highest BCUT2D eigenvalue weighted by molar-refractivity contribution is 5.89. The summed E-state index contributed by atoms with van der Waals surface area (Å²) in [5.41, 5.74) is 4.01. The highest BCUT2D eigenvalue weighted by atomic mass is 16.2.